The molecule has 1 aliphatic heterocycles. The van der Waals surface area contributed by atoms with Crippen LogP contribution in [0, 0.1) is 13.8 Å². The molecule has 2 aromatic heterocycles. The lowest BCUT2D eigenvalue weighted by atomic mass is 10.0. The van der Waals surface area contributed by atoms with E-state index in [4.69, 9.17) is 23.2 Å². The molecule has 1 amide bonds. The molecule has 0 N–H and O–H groups in total. The predicted molar refractivity (Wildman–Crippen MR) is 141 cm³/mol. The number of fused-ring (bicyclic) bond motifs is 1. The highest BCUT2D eigenvalue weighted by atomic mass is 35.5. The first-order chi connectivity index (χ1) is 16.9. The summed E-state index contributed by atoms with van der Waals surface area (Å²) in [6.07, 6.45) is 1.79. The van der Waals surface area contributed by atoms with E-state index in [2.05, 4.69) is 46.2 Å². The number of hydrogen-bond acceptors (Lipinski definition) is 4. The molecule has 180 valence electrons. The zero-order valence-electron chi connectivity index (χ0n) is 19.8. The molecule has 0 aliphatic carbocycles. The molecule has 0 bridgehead atoms. The van der Waals surface area contributed by atoms with Gasteiger partial charge in [0.05, 0.1) is 15.7 Å². The maximum Gasteiger partial charge on any atom is 0.244 e. The number of rotatable bonds is 5. The van der Waals surface area contributed by atoms with Crippen molar-refractivity contribution in [2.24, 2.45) is 0 Å². The number of aryl methyl sites for hydroxylation is 2. The maximum atomic E-state index is 13.1. The number of carbonyl (C=O) groups excluding carboxylic acids is 1. The van der Waals surface area contributed by atoms with Gasteiger partial charge in [0, 0.05) is 44.3 Å². The van der Waals surface area contributed by atoms with Gasteiger partial charge in [0.1, 0.15) is 6.54 Å². The van der Waals surface area contributed by atoms with Crippen LogP contribution in [0.3, 0.4) is 0 Å². The fourth-order valence-electron chi connectivity index (χ4n) is 4.65. The van der Waals surface area contributed by atoms with E-state index >= 15 is 0 Å². The van der Waals surface area contributed by atoms with Gasteiger partial charge in [0.15, 0.2) is 5.65 Å². The normalized spacial score (nSPS) is 14.6. The van der Waals surface area contributed by atoms with Crippen LogP contribution in [-0.4, -0.2) is 56.7 Å². The molecule has 0 atom stereocenters. The second-order valence-electron chi connectivity index (χ2n) is 9.07. The van der Waals surface area contributed by atoms with Crippen molar-refractivity contribution < 1.29 is 4.79 Å². The molecule has 3 heterocycles. The molecule has 1 fully saturated rings. The summed E-state index contributed by atoms with van der Waals surface area (Å²) in [6.45, 7) is 8.00. The first kappa shape index (κ1) is 23.8. The van der Waals surface area contributed by atoms with Crippen LogP contribution in [0.1, 0.15) is 16.8 Å². The van der Waals surface area contributed by atoms with E-state index in [9.17, 15) is 4.79 Å². The Labute approximate surface area is 215 Å². The largest absolute Gasteiger partial charge is 0.339 e. The standard InChI is InChI=1S/C27H27Cl2N5O/c1-18-3-6-21(7-4-18)22-9-10-30-27-26(22)19(2)31-34(27)17-25(35)33-13-11-32(12-14-33)16-20-5-8-23(28)24(29)15-20/h3-10,15H,11-14,16-17H2,1-2H3. The molecule has 0 spiro atoms. The van der Waals surface area contributed by atoms with Gasteiger partial charge in [0.2, 0.25) is 5.91 Å². The topological polar surface area (TPSA) is 54.3 Å². The lowest BCUT2D eigenvalue weighted by Gasteiger charge is -2.34. The molecular formula is C27H27Cl2N5O. The van der Waals surface area contributed by atoms with Crippen molar-refractivity contribution in [1.29, 1.82) is 0 Å². The van der Waals surface area contributed by atoms with Crippen molar-refractivity contribution in [2.75, 3.05) is 26.2 Å². The summed E-state index contributed by atoms with van der Waals surface area (Å²) in [5.41, 5.74) is 6.16. The lowest BCUT2D eigenvalue weighted by Crippen LogP contribution is -2.49. The summed E-state index contributed by atoms with van der Waals surface area (Å²) < 4.78 is 1.74. The zero-order chi connectivity index (χ0) is 24.5. The van der Waals surface area contributed by atoms with Crippen molar-refractivity contribution in [3.8, 4) is 11.1 Å². The van der Waals surface area contributed by atoms with E-state index in [1.807, 2.05) is 36.1 Å². The number of aromatic nitrogens is 3. The minimum absolute atomic E-state index is 0.0612. The number of carbonyl (C=O) groups is 1. The summed E-state index contributed by atoms with van der Waals surface area (Å²) in [7, 11) is 0. The van der Waals surface area contributed by atoms with Crippen molar-refractivity contribution in [1.82, 2.24) is 24.6 Å². The molecule has 8 heteroatoms. The number of benzene rings is 2. The monoisotopic (exact) mass is 507 g/mol. The first-order valence-electron chi connectivity index (χ1n) is 11.7. The van der Waals surface area contributed by atoms with Crippen LogP contribution < -0.4 is 0 Å². The Hall–Kier alpha value is -2.93. The Kier molecular flexibility index (Phi) is 6.78. The number of amides is 1. The SMILES string of the molecule is Cc1ccc(-c2ccnc3c2c(C)nn3CC(=O)N2CCN(Cc3ccc(Cl)c(Cl)c3)CC2)cc1. The van der Waals surface area contributed by atoms with Crippen LogP contribution in [-0.2, 0) is 17.9 Å². The van der Waals surface area contributed by atoms with Gasteiger partial charge in [-0.2, -0.15) is 5.10 Å². The number of halogens is 2. The third-order valence-corrected chi connectivity index (χ3v) is 7.31. The first-order valence-corrected chi connectivity index (χ1v) is 12.5. The minimum atomic E-state index is 0.0612. The average Bonchev–Trinajstić information content (AvgIpc) is 3.17. The van der Waals surface area contributed by atoms with Gasteiger partial charge in [-0.3, -0.25) is 9.69 Å². The highest BCUT2D eigenvalue weighted by Crippen LogP contribution is 2.30. The van der Waals surface area contributed by atoms with Crippen LogP contribution in [0.15, 0.2) is 54.7 Å². The van der Waals surface area contributed by atoms with Gasteiger partial charge in [-0.25, -0.2) is 9.67 Å². The Morgan fingerprint density at radius 1 is 0.943 bits per heavy atom. The summed E-state index contributed by atoms with van der Waals surface area (Å²) in [6, 6.07) is 16.2. The Bertz CT molecular complexity index is 1370. The Morgan fingerprint density at radius 3 is 2.40 bits per heavy atom. The maximum absolute atomic E-state index is 13.1. The smallest absolute Gasteiger partial charge is 0.244 e. The van der Waals surface area contributed by atoms with Crippen LogP contribution in [0.4, 0.5) is 0 Å². The molecule has 5 rings (SSSR count). The van der Waals surface area contributed by atoms with E-state index in [0.717, 1.165) is 53.1 Å². The quantitative estimate of drug-likeness (QED) is 0.364. The zero-order valence-corrected chi connectivity index (χ0v) is 21.4. The second-order valence-corrected chi connectivity index (χ2v) is 9.89. The van der Waals surface area contributed by atoms with Crippen LogP contribution in [0.2, 0.25) is 10.0 Å². The van der Waals surface area contributed by atoms with Gasteiger partial charge >= 0.3 is 0 Å². The molecule has 0 radical (unpaired) electrons. The summed E-state index contributed by atoms with van der Waals surface area (Å²) >= 11 is 12.2. The van der Waals surface area contributed by atoms with E-state index in [1.54, 1.807) is 10.9 Å². The van der Waals surface area contributed by atoms with E-state index in [1.165, 1.54) is 5.56 Å². The van der Waals surface area contributed by atoms with Crippen LogP contribution >= 0.6 is 23.2 Å². The third kappa shape index (κ3) is 5.06. The van der Waals surface area contributed by atoms with Crippen LogP contribution in [0.25, 0.3) is 22.2 Å². The molecule has 1 aliphatic rings. The van der Waals surface area contributed by atoms with Crippen molar-refractivity contribution in [2.45, 2.75) is 26.9 Å². The third-order valence-electron chi connectivity index (χ3n) is 6.57. The van der Waals surface area contributed by atoms with Gasteiger partial charge in [-0.1, -0.05) is 59.1 Å². The van der Waals surface area contributed by atoms with Crippen molar-refractivity contribution in [3.63, 3.8) is 0 Å². The number of piperazine rings is 1. The van der Waals surface area contributed by atoms with Gasteiger partial charge in [-0.15, -0.1) is 0 Å². The van der Waals surface area contributed by atoms with Gasteiger partial charge in [-0.05, 0) is 48.7 Å². The predicted octanol–water partition coefficient (Wildman–Crippen LogP) is 5.37. The van der Waals surface area contributed by atoms with Gasteiger partial charge < -0.3 is 4.90 Å². The Morgan fingerprint density at radius 2 is 1.69 bits per heavy atom. The molecule has 0 unspecified atom stereocenters. The number of nitrogens with zero attached hydrogens (tertiary/aromatic N) is 5. The minimum Gasteiger partial charge on any atom is -0.339 e. The van der Waals surface area contributed by atoms with Crippen molar-refractivity contribution in [3.05, 3.63) is 81.6 Å². The molecule has 0 saturated carbocycles. The molecule has 35 heavy (non-hydrogen) atoms. The molecule has 2 aromatic carbocycles. The summed E-state index contributed by atoms with van der Waals surface area (Å²) in [5.74, 6) is 0.0612. The highest BCUT2D eigenvalue weighted by Gasteiger charge is 2.23. The lowest BCUT2D eigenvalue weighted by molar-refractivity contribution is -0.133. The van der Waals surface area contributed by atoms with E-state index in [0.29, 0.717) is 23.1 Å². The molecule has 6 nitrogen and oxygen atoms in total. The van der Waals surface area contributed by atoms with E-state index in [-0.39, 0.29) is 12.5 Å². The molecule has 4 aromatic rings. The molecule has 1 saturated heterocycles. The van der Waals surface area contributed by atoms with Gasteiger partial charge in [0.25, 0.3) is 0 Å². The number of pyridine rings is 1. The van der Waals surface area contributed by atoms with Crippen molar-refractivity contribution >= 4 is 40.1 Å². The summed E-state index contributed by atoms with van der Waals surface area (Å²) in [5, 5.41) is 6.81. The fourth-order valence-corrected chi connectivity index (χ4v) is 4.97. The molecular weight excluding hydrogens is 481 g/mol. The highest BCUT2D eigenvalue weighted by molar-refractivity contribution is 6.42. The average molecular weight is 508 g/mol. The van der Waals surface area contributed by atoms with Crippen LogP contribution in [0.5, 0.6) is 0 Å². The summed E-state index contributed by atoms with van der Waals surface area (Å²) in [4.78, 5) is 22.0. The second kappa shape index (κ2) is 9.97. The van der Waals surface area contributed by atoms with E-state index < -0.39 is 0 Å². The Balaban J connectivity index is 1.27. The number of hydrogen-bond donors (Lipinski definition) is 0. The fraction of sp³-hybridized carbons (Fsp3) is 0.296.